The van der Waals surface area contributed by atoms with Crippen LogP contribution in [0.25, 0.3) is 11.4 Å². The Morgan fingerprint density at radius 3 is 2.97 bits per heavy atom. The third kappa shape index (κ3) is 3.96. The van der Waals surface area contributed by atoms with Gasteiger partial charge in [-0.15, -0.1) is 0 Å². The van der Waals surface area contributed by atoms with Gasteiger partial charge < -0.3 is 9.26 Å². The van der Waals surface area contributed by atoms with Crippen LogP contribution in [0.3, 0.4) is 0 Å². The molecule has 1 unspecified atom stereocenters. The third-order valence-electron chi connectivity index (χ3n) is 4.88. The van der Waals surface area contributed by atoms with E-state index in [-0.39, 0.29) is 24.9 Å². The van der Waals surface area contributed by atoms with E-state index in [4.69, 9.17) is 20.9 Å². The van der Waals surface area contributed by atoms with Crippen LogP contribution >= 0.6 is 11.6 Å². The molecule has 4 rings (SSSR count). The minimum atomic E-state index is -0.523. The van der Waals surface area contributed by atoms with Crippen LogP contribution in [0.15, 0.2) is 53.1 Å². The maximum Gasteiger partial charge on any atom is 0.501 e. The fourth-order valence-electron chi connectivity index (χ4n) is 3.45. The molecule has 154 valence electrons. The lowest BCUT2D eigenvalue weighted by atomic mass is 9.94. The first-order valence-corrected chi connectivity index (χ1v) is 9.88. The molecule has 0 bridgehead atoms. The van der Waals surface area contributed by atoms with Crippen LogP contribution in [0.4, 0.5) is 4.79 Å². The second kappa shape index (κ2) is 8.73. The van der Waals surface area contributed by atoms with Crippen molar-refractivity contribution in [1.29, 1.82) is 0 Å². The van der Waals surface area contributed by atoms with Gasteiger partial charge in [-0.05, 0) is 18.2 Å². The molecule has 0 N–H and O–H groups in total. The van der Waals surface area contributed by atoms with Gasteiger partial charge in [0.2, 0.25) is 5.82 Å². The summed E-state index contributed by atoms with van der Waals surface area (Å²) in [6, 6.07) is 6.70. The van der Waals surface area contributed by atoms with Crippen molar-refractivity contribution >= 4 is 29.3 Å². The van der Waals surface area contributed by atoms with Gasteiger partial charge in [-0.3, -0.25) is 0 Å². The minimum Gasteiger partial charge on any atom is -0.385 e. The van der Waals surface area contributed by atoms with Crippen molar-refractivity contribution in [3.8, 4) is 11.4 Å². The minimum absolute atomic E-state index is 0.0600. The maximum atomic E-state index is 13.1. The number of allylic oxidation sites excluding steroid dienone is 3. The van der Waals surface area contributed by atoms with E-state index < -0.39 is 11.9 Å². The molecule has 0 saturated carbocycles. The number of carbonyl (C=O) groups excluding carboxylic acids is 2. The molecule has 1 aliphatic heterocycles. The van der Waals surface area contributed by atoms with E-state index in [1.54, 1.807) is 49.6 Å². The number of imide groups is 1. The average Bonchev–Trinajstić information content (AvgIpc) is 3.22. The Morgan fingerprint density at radius 1 is 1.30 bits per heavy atom. The molecule has 2 heterocycles. The molecule has 1 aromatic heterocycles. The number of rotatable bonds is 7. The van der Waals surface area contributed by atoms with Crippen molar-refractivity contribution in [1.82, 2.24) is 15.0 Å². The normalized spacial score (nSPS) is 18.3. The van der Waals surface area contributed by atoms with Gasteiger partial charge in [0.1, 0.15) is 11.6 Å². The molecule has 1 atom stereocenters. The van der Waals surface area contributed by atoms with Gasteiger partial charge in [-0.2, -0.15) is 19.3 Å². The summed E-state index contributed by atoms with van der Waals surface area (Å²) < 4.78 is 11.9. The van der Waals surface area contributed by atoms with E-state index in [0.29, 0.717) is 35.1 Å². The summed E-state index contributed by atoms with van der Waals surface area (Å²) in [5.74, 6) is -0.122. The highest BCUT2D eigenvalue weighted by atomic mass is 35.5. The molecule has 30 heavy (non-hydrogen) atoms. The molecule has 2 aliphatic rings. The van der Waals surface area contributed by atoms with Crippen LogP contribution in [0.1, 0.15) is 12.3 Å². The van der Waals surface area contributed by atoms with Gasteiger partial charge in [0.25, 0.3) is 5.89 Å². The number of urea groups is 1. The third-order valence-corrected chi connectivity index (χ3v) is 5.12. The number of aromatic nitrogens is 2. The van der Waals surface area contributed by atoms with Crippen LogP contribution in [0.2, 0.25) is 5.02 Å². The van der Waals surface area contributed by atoms with Gasteiger partial charge in [0, 0.05) is 30.7 Å². The number of methoxy groups -OCH3 is 1. The van der Waals surface area contributed by atoms with Crippen molar-refractivity contribution in [2.75, 3.05) is 20.3 Å². The molecule has 2 aromatic rings. The Kier molecular flexibility index (Phi) is 5.87. The summed E-state index contributed by atoms with van der Waals surface area (Å²) in [4.78, 5) is 31.6. The van der Waals surface area contributed by atoms with Crippen molar-refractivity contribution in [2.24, 2.45) is 5.92 Å². The highest BCUT2D eigenvalue weighted by Gasteiger charge is 2.46. The predicted octanol–water partition coefficient (Wildman–Crippen LogP) is 3.08. The largest absolute Gasteiger partial charge is 0.501 e. The first-order chi connectivity index (χ1) is 14.6. The first kappa shape index (κ1) is 20.2. The van der Waals surface area contributed by atoms with Gasteiger partial charge in [0.05, 0.1) is 6.54 Å². The van der Waals surface area contributed by atoms with E-state index in [0.717, 1.165) is 0 Å². The number of halogens is 1. The van der Waals surface area contributed by atoms with Gasteiger partial charge in [-0.1, -0.05) is 47.1 Å². The van der Waals surface area contributed by atoms with E-state index in [1.807, 2.05) is 6.07 Å². The number of carbonyl (C=O) groups is 2. The molecule has 0 radical (unpaired) electrons. The second-order valence-electron chi connectivity index (χ2n) is 6.87. The summed E-state index contributed by atoms with van der Waals surface area (Å²) in [6.07, 6.45) is 7.71. The zero-order valence-corrected chi connectivity index (χ0v) is 17.1. The Bertz CT molecular complexity index is 1070. The first-order valence-electron chi connectivity index (χ1n) is 9.50. The lowest BCUT2D eigenvalue weighted by Gasteiger charge is -2.26. The molecule has 0 fully saturated rings. The SMILES string of the molecule is COCCCN1C(=O)C2C=CC=CC2=[N+](Cc2nc(-c3cccc(Cl)c3)no2)C1=O. The van der Waals surface area contributed by atoms with E-state index >= 15 is 0 Å². The molecule has 9 heteroatoms. The molecule has 1 aromatic carbocycles. The van der Waals surface area contributed by atoms with E-state index in [1.165, 1.54) is 9.48 Å². The number of fused-ring (bicyclic) bond motifs is 1. The summed E-state index contributed by atoms with van der Waals surface area (Å²) in [5, 5.41) is 4.56. The number of amides is 3. The Labute approximate surface area is 178 Å². The summed E-state index contributed by atoms with van der Waals surface area (Å²) in [7, 11) is 1.58. The fourth-order valence-corrected chi connectivity index (χ4v) is 3.64. The van der Waals surface area contributed by atoms with Gasteiger partial charge >= 0.3 is 11.9 Å². The maximum absolute atomic E-state index is 13.1. The summed E-state index contributed by atoms with van der Waals surface area (Å²) in [5.41, 5.74) is 1.31. The van der Waals surface area contributed by atoms with Crippen LogP contribution < -0.4 is 0 Å². The zero-order chi connectivity index (χ0) is 21.1. The van der Waals surface area contributed by atoms with Crippen LogP contribution in [-0.2, 0) is 16.1 Å². The number of benzene rings is 1. The molecule has 1 aliphatic carbocycles. The lowest BCUT2D eigenvalue weighted by Crippen LogP contribution is -2.54. The van der Waals surface area contributed by atoms with Crippen molar-refractivity contribution < 1.29 is 23.4 Å². The molecular formula is C21H20ClN4O4+. The zero-order valence-electron chi connectivity index (χ0n) is 16.3. The van der Waals surface area contributed by atoms with Crippen molar-refractivity contribution in [3.05, 3.63) is 59.5 Å². The Hall–Kier alpha value is -3.10. The topological polar surface area (TPSA) is 88.5 Å². The smallest absolute Gasteiger partial charge is 0.385 e. The van der Waals surface area contributed by atoms with Crippen molar-refractivity contribution in [3.63, 3.8) is 0 Å². The van der Waals surface area contributed by atoms with E-state index in [2.05, 4.69) is 10.1 Å². The van der Waals surface area contributed by atoms with E-state index in [9.17, 15) is 9.59 Å². The lowest BCUT2D eigenvalue weighted by molar-refractivity contribution is -0.460. The molecule has 8 nitrogen and oxygen atoms in total. The monoisotopic (exact) mass is 427 g/mol. The van der Waals surface area contributed by atoms with Crippen molar-refractivity contribution in [2.45, 2.75) is 13.0 Å². The number of hydrogen-bond donors (Lipinski definition) is 0. The standard InChI is InChI=1S/C21H20ClN4O4/c1-29-11-5-10-25-20(27)16-8-2-3-9-17(16)26(21(25)28)13-18-23-19(24-30-18)14-6-4-7-15(22)12-14/h2-4,6-9,12,16H,5,10-11,13H2,1H3/q+1. The van der Waals surface area contributed by atoms with Gasteiger partial charge in [-0.25, -0.2) is 4.79 Å². The van der Waals surface area contributed by atoms with Gasteiger partial charge in [0.15, 0.2) is 6.54 Å². The van der Waals surface area contributed by atoms with Crippen LogP contribution in [0.5, 0.6) is 0 Å². The van der Waals surface area contributed by atoms with Crippen LogP contribution in [0, 0.1) is 5.92 Å². The molecule has 3 amide bonds. The highest BCUT2D eigenvalue weighted by Crippen LogP contribution is 2.23. The molecule has 0 spiro atoms. The Balaban J connectivity index is 1.63. The fraction of sp³-hybridized carbons (Fsp3) is 0.286. The quantitative estimate of drug-likeness (QED) is 0.498. The number of hydrogen-bond acceptors (Lipinski definition) is 6. The Morgan fingerprint density at radius 2 is 2.17 bits per heavy atom. The molecule has 0 saturated heterocycles. The summed E-state index contributed by atoms with van der Waals surface area (Å²) >= 11 is 6.03. The highest BCUT2D eigenvalue weighted by molar-refractivity contribution is 6.30. The summed E-state index contributed by atoms with van der Waals surface area (Å²) in [6.45, 7) is 0.798. The second-order valence-corrected chi connectivity index (χ2v) is 7.31. The average molecular weight is 428 g/mol. The predicted molar refractivity (Wildman–Crippen MR) is 109 cm³/mol. The number of ether oxygens (including phenoxy) is 1. The van der Waals surface area contributed by atoms with Crippen LogP contribution in [-0.4, -0.2) is 57.5 Å². The number of nitrogens with zero attached hydrogens (tertiary/aromatic N) is 4. The molecular weight excluding hydrogens is 408 g/mol.